The van der Waals surface area contributed by atoms with Crippen LogP contribution < -0.4 is 5.32 Å². The van der Waals surface area contributed by atoms with E-state index in [4.69, 9.17) is 4.74 Å². The molecule has 1 N–H and O–H groups in total. The molecule has 3 heteroatoms. The van der Waals surface area contributed by atoms with E-state index in [0.717, 1.165) is 12.2 Å². The Hall–Kier alpha value is -1.09. The van der Waals surface area contributed by atoms with Crippen molar-refractivity contribution in [3.63, 3.8) is 0 Å². The van der Waals surface area contributed by atoms with Crippen molar-refractivity contribution < 1.29 is 4.74 Å². The summed E-state index contributed by atoms with van der Waals surface area (Å²) in [5.74, 6) is 0.966. The van der Waals surface area contributed by atoms with Crippen LogP contribution in [-0.2, 0) is 4.74 Å². The normalized spacial score (nSPS) is 34.7. The highest BCUT2D eigenvalue weighted by molar-refractivity contribution is 5.35. The fourth-order valence-electron chi connectivity index (χ4n) is 2.43. The van der Waals surface area contributed by atoms with Crippen molar-refractivity contribution in [2.45, 2.75) is 37.5 Å². The highest BCUT2D eigenvalue weighted by atomic mass is 16.5. The number of nitrogens with zero attached hydrogens (tertiary/aromatic N) is 1. The van der Waals surface area contributed by atoms with Crippen LogP contribution >= 0.6 is 0 Å². The van der Waals surface area contributed by atoms with E-state index in [1.807, 2.05) is 24.4 Å². The largest absolute Gasteiger partial charge is 0.373 e. The molecule has 0 amide bonds. The molecule has 0 aromatic carbocycles. The van der Waals surface area contributed by atoms with Gasteiger partial charge < -0.3 is 10.1 Å². The summed E-state index contributed by atoms with van der Waals surface area (Å²) in [6.07, 6.45) is 6.32. The zero-order chi connectivity index (χ0) is 9.38. The second kappa shape index (κ2) is 3.24. The second-order valence-corrected chi connectivity index (χ2v) is 4.08. The van der Waals surface area contributed by atoms with Crippen molar-refractivity contribution in [1.82, 2.24) is 4.98 Å². The molecule has 0 radical (unpaired) electrons. The summed E-state index contributed by atoms with van der Waals surface area (Å²) in [4.78, 5) is 4.26. The minimum atomic E-state index is 0.419. The van der Waals surface area contributed by atoms with Crippen LogP contribution in [0.4, 0.5) is 5.82 Å². The van der Waals surface area contributed by atoms with Crippen LogP contribution in [0.5, 0.6) is 0 Å². The first kappa shape index (κ1) is 8.24. The minimum absolute atomic E-state index is 0.419. The third kappa shape index (κ3) is 1.38. The lowest BCUT2D eigenvalue weighted by molar-refractivity contribution is 0.102. The maximum Gasteiger partial charge on any atom is 0.126 e. The molecule has 14 heavy (non-hydrogen) atoms. The molecule has 0 saturated carbocycles. The van der Waals surface area contributed by atoms with E-state index in [-0.39, 0.29) is 0 Å². The van der Waals surface area contributed by atoms with Gasteiger partial charge in [-0.2, -0.15) is 0 Å². The number of nitrogens with one attached hydrogen (secondary N) is 1. The fourth-order valence-corrected chi connectivity index (χ4v) is 2.43. The van der Waals surface area contributed by atoms with Gasteiger partial charge in [-0.25, -0.2) is 4.98 Å². The molecule has 3 atom stereocenters. The Kier molecular flexibility index (Phi) is 1.91. The highest BCUT2D eigenvalue weighted by Crippen LogP contribution is 2.35. The third-order valence-electron chi connectivity index (χ3n) is 3.10. The standard InChI is InChI=1S/C11H14N2O/c1-2-6-12-11(3-1)13-9-7-8-4-5-10(9)14-8/h1-3,6,8-10H,4-5,7H2,(H,12,13)/t8?,9-,10?/m0/s1. The monoisotopic (exact) mass is 190 g/mol. The molecule has 3 heterocycles. The molecule has 3 rings (SSSR count). The summed E-state index contributed by atoms with van der Waals surface area (Å²) in [7, 11) is 0. The topological polar surface area (TPSA) is 34.1 Å². The van der Waals surface area contributed by atoms with Gasteiger partial charge in [0, 0.05) is 6.20 Å². The first-order valence-corrected chi connectivity index (χ1v) is 5.25. The van der Waals surface area contributed by atoms with Gasteiger partial charge in [-0.1, -0.05) is 6.07 Å². The fraction of sp³-hybridized carbons (Fsp3) is 0.545. The average Bonchev–Trinajstić information content (AvgIpc) is 2.81. The van der Waals surface area contributed by atoms with E-state index in [1.54, 1.807) is 0 Å². The molecule has 1 aromatic heterocycles. The van der Waals surface area contributed by atoms with Crippen LogP contribution in [0.3, 0.4) is 0 Å². The van der Waals surface area contributed by atoms with Gasteiger partial charge in [0.25, 0.3) is 0 Å². The predicted octanol–water partition coefficient (Wildman–Crippen LogP) is 1.81. The maximum absolute atomic E-state index is 5.77. The SMILES string of the molecule is c1ccc(N[C@H]2CC3CCC2O3)nc1. The van der Waals surface area contributed by atoms with Crippen molar-refractivity contribution in [3.05, 3.63) is 24.4 Å². The van der Waals surface area contributed by atoms with Crippen molar-refractivity contribution >= 4 is 5.82 Å². The first-order chi connectivity index (χ1) is 6.92. The van der Waals surface area contributed by atoms with E-state index in [2.05, 4.69) is 10.3 Å². The Morgan fingerprint density at radius 1 is 1.36 bits per heavy atom. The summed E-state index contributed by atoms with van der Waals surface area (Å²) in [5.41, 5.74) is 0. The summed E-state index contributed by atoms with van der Waals surface area (Å²) in [6, 6.07) is 6.42. The molecule has 1 aromatic rings. The highest BCUT2D eigenvalue weighted by Gasteiger charge is 2.40. The summed E-state index contributed by atoms with van der Waals surface area (Å²) < 4.78 is 5.77. The van der Waals surface area contributed by atoms with Crippen molar-refractivity contribution in [2.24, 2.45) is 0 Å². The lowest BCUT2D eigenvalue weighted by atomic mass is 9.95. The van der Waals surface area contributed by atoms with E-state index in [1.165, 1.54) is 12.8 Å². The zero-order valence-electron chi connectivity index (χ0n) is 8.02. The lowest BCUT2D eigenvalue weighted by Crippen LogP contribution is -2.30. The number of hydrogen-bond acceptors (Lipinski definition) is 3. The van der Waals surface area contributed by atoms with Crippen LogP contribution in [-0.4, -0.2) is 23.2 Å². The molecular weight excluding hydrogens is 176 g/mol. The van der Waals surface area contributed by atoms with Crippen LogP contribution in [0.25, 0.3) is 0 Å². The Balaban J connectivity index is 1.69. The molecule has 2 aliphatic heterocycles. The van der Waals surface area contributed by atoms with Gasteiger partial charge in [0.1, 0.15) is 5.82 Å². The predicted molar refractivity (Wildman–Crippen MR) is 54.2 cm³/mol. The number of pyridine rings is 1. The Morgan fingerprint density at radius 2 is 2.36 bits per heavy atom. The van der Waals surface area contributed by atoms with Crippen LogP contribution in [0.2, 0.25) is 0 Å². The van der Waals surface area contributed by atoms with Gasteiger partial charge in [-0.3, -0.25) is 0 Å². The number of anilines is 1. The summed E-state index contributed by atoms with van der Waals surface area (Å²) >= 11 is 0. The molecule has 0 spiro atoms. The summed E-state index contributed by atoms with van der Waals surface area (Å²) in [5, 5.41) is 3.44. The maximum atomic E-state index is 5.77. The lowest BCUT2D eigenvalue weighted by Gasteiger charge is -2.20. The quantitative estimate of drug-likeness (QED) is 0.772. The van der Waals surface area contributed by atoms with E-state index < -0.39 is 0 Å². The molecule has 2 saturated heterocycles. The minimum Gasteiger partial charge on any atom is -0.373 e. The number of rotatable bonds is 2. The molecular formula is C11H14N2O. The molecule has 2 fully saturated rings. The van der Waals surface area contributed by atoms with Gasteiger partial charge in [-0.05, 0) is 31.4 Å². The number of aromatic nitrogens is 1. The Bertz CT molecular complexity index is 314. The van der Waals surface area contributed by atoms with Crippen LogP contribution in [0.1, 0.15) is 19.3 Å². The third-order valence-corrected chi connectivity index (χ3v) is 3.10. The van der Waals surface area contributed by atoms with E-state index in [0.29, 0.717) is 18.2 Å². The van der Waals surface area contributed by atoms with Gasteiger partial charge in [0.15, 0.2) is 0 Å². The van der Waals surface area contributed by atoms with E-state index in [9.17, 15) is 0 Å². The van der Waals surface area contributed by atoms with Gasteiger partial charge in [0.2, 0.25) is 0 Å². The second-order valence-electron chi connectivity index (χ2n) is 4.08. The van der Waals surface area contributed by atoms with Crippen molar-refractivity contribution in [3.8, 4) is 0 Å². The van der Waals surface area contributed by atoms with E-state index >= 15 is 0 Å². The van der Waals surface area contributed by atoms with Crippen molar-refractivity contribution in [1.29, 1.82) is 0 Å². The van der Waals surface area contributed by atoms with Crippen molar-refractivity contribution in [2.75, 3.05) is 5.32 Å². The van der Waals surface area contributed by atoms with Crippen LogP contribution in [0, 0.1) is 0 Å². The molecule has 0 aliphatic carbocycles. The smallest absolute Gasteiger partial charge is 0.126 e. The molecule has 3 nitrogen and oxygen atoms in total. The molecule has 74 valence electrons. The van der Waals surface area contributed by atoms with Gasteiger partial charge in [0.05, 0.1) is 18.2 Å². The molecule has 2 bridgehead atoms. The molecule has 2 unspecified atom stereocenters. The number of hydrogen-bond donors (Lipinski definition) is 1. The number of fused-ring (bicyclic) bond motifs is 2. The van der Waals surface area contributed by atoms with Gasteiger partial charge in [-0.15, -0.1) is 0 Å². The van der Waals surface area contributed by atoms with Crippen LogP contribution in [0.15, 0.2) is 24.4 Å². The zero-order valence-corrected chi connectivity index (χ0v) is 8.02. The average molecular weight is 190 g/mol. The number of ether oxygens (including phenoxy) is 1. The Labute approximate surface area is 83.5 Å². The molecule has 2 aliphatic rings. The van der Waals surface area contributed by atoms with Gasteiger partial charge >= 0.3 is 0 Å². The summed E-state index contributed by atoms with van der Waals surface area (Å²) in [6.45, 7) is 0. The first-order valence-electron chi connectivity index (χ1n) is 5.25. The Morgan fingerprint density at radius 3 is 3.00 bits per heavy atom.